The van der Waals surface area contributed by atoms with E-state index in [1.165, 1.54) is 30.3 Å². The number of amides is 1. The first kappa shape index (κ1) is 15.9. The zero-order valence-corrected chi connectivity index (χ0v) is 12.5. The number of hydrogen-bond donors (Lipinski definition) is 2. The van der Waals surface area contributed by atoms with Crippen LogP contribution in [0, 0.1) is 0 Å². The molecule has 114 valence electrons. The lowest BCUT2D eigenvalue weighted by Crippen LogP contribution is -2.23. The summed E-state index contributed by atoms with van der Waals surface area (Å²) in [4.78, 5) is 16.0. The van der Waals surface area contributed by atoms with E-state index in [-0.39, 0.29) is 17.3 Å². The minimum Gasteiger partial charge on any atom is -0.322 e. The van der Waals surface area contributed by atoms with Crippen LogP contribution in [0.25, 0.3) is 0 Å². The molecule has 0 fully saturated rings. The highest BCUT2D eigenvalue weighted by Crippen LogP contribution is 2.12. The number of sulfonamides is 1. The third kappa shape index (κ3) is 4.00. The summed E-state index contributed by atoms with van der Waals surface area (Å²) in [5.74, 6) is -0.325. The molecule has 0 saturated heterocycles. The number of benzene rings is 1. The number of carbonyl (C=O) groups excluding carboxylic acids is 1. The monoisotopic (exact) mass is 317 g/mol. The second-order valence-corrected chi connectivity index (χ2v) is 6.12. The first-order chi connectivity index (χ1) is 10.5. The summed E-state index contributed by atoms with van der Waals surface area (Å²) in [5, 5.41) is 2.69. The van der Waals surface area contributed by atoms with Crippen LogP contribution < -0.4 is 10.0 Å². The van der Waals surface area contributed by atoms with Crippen LogP contribution in [0.5, 0.6) is 0 Å². The molecule has 1 aromatic heterocycles. The van der Waals surface area contributed by atoms with Gasteiger partial charge in [-0.25, -0.2) is 13.1 Å². The molecule has 6 nitrogen and oxygen atoms in total. The maximum atomic E-state index is 12.0. The molecule has 0 atom stereocenters. The van der Waals surface area contributed by atoms with Crippen LogP contribution in [-0.4, -0.2) is 25.9 Å². The fraction of sp³-hybridized carbons (Fsp3) is 0.0667. The van der Waals surface area contributed by atoms with Gasteiger partial charge in [0.2, 0.25) is 10.0 Å². The fourth-order valence-corrected chi connectivity index (χ4v) is 2.67. The Balaban J connectivity index is 2.11. The maximum Gasteiger partial charge on any atom is 0.255 e. The quantitative estimate of drug-likeness (QED) is 0.795. The SMILES string of the molecule is C=CCNS(=O)(=O)c1ccc(C(=O)Nc2ccncc2)cc1. The van der Waals surface area contributed by atoms with Gasteiger partial charge in [0.05, 0.1) is 4.90 Å². The Kier molecular flexibility index (Phi) is 5.03. The topological polar surface area (TPSA) is 88.2 Å². The Bertz CT molecular complexity index is 756. The van der Waals surface area contributed by atoms with Crippen molar-refractivity contribution in [3.63, 3.8) is 0 Å². The van der Waals surface area contributed by atoms with Crippen molar-refractivity contribution in [1.82, 2.24) is 9.71 Å². The highest BCUT2D eigenvalue weighted by Gasteiger charge is 2.13. The van der Waals surface area contributed by atoms with Crippen molar-refractivity contribution < 1.29 is 13.2 Å². The first-order valence-electron chi connectivity index (χ1n) is 6.45. The lowest BCUT2D eigenvalue weighted by Gasteiger charge is -2.07. The highest BCUT2D eigenvalue weighted by atomic mass is 32.2. The molecular formula is C15H15N3O3S. The minimum atomic E-state index is -3.58. The number of hydrogen-bond acceptors (Lipinski definition) is 4. The van der Waals surface area contributed by atoms with Crippen molar-refractivity contribution in [2.75, 3.05) is 11.9 Å². The van der Waals surface area contributed by atoms with E-state index in [2.05, 4.69) is 21.6 Å². The van der Waals surface area contributed by atoms with Crippen LogP contribution in [-0.2, 0) is 10.0 Å². The van der Waals surface area contributed by atoms with Crippen molar-refractivity contribution in [1.29, 1.82) is 0 Å². The molecule has 2 rings (SSSR count). The second kappa shape index (κ2) is 6.97. The number of aromatic nitrogens is 1. The van der Waals surface area contributed by atoms with E-state index in [9.17, 15) is 13.2 Å². The van der Waals surface area contributed by atoms with E-state index in [0.717, 1.165) is 0 Å². The molecule has 0 aliphatic carbocycles. The summed E-state index contributed by atoms with van der Waals surface area (Å²) in [7, 11) is -3.58. The maximum absolute atomic E-state index is 12.0. The van der Waals surface area contributed by atoms with Crippen molar-refractivity contribution in [2.24, 2.45) is 0 Å². The van der Waals surface area contributed by atoms with Gasteiger partial charge in [0.25, 0.3) is 5.91 Å². The zero-order valence-electron chi connectivity index (χ0n) is 11.7. The first-order valence-corrected chi connectivity index (χ1v) is 7.93. The Morgan fingerprint density at radius 1 is 1.14 bits per heavy atom. The second-order valence-electron chi connectivity index (χ2n) is 4.35. The lowest BCUT2D eigenvalue weighted by molar-refractivity contribution is 0.102. The molecule has 0 radical (unpaired) electrons. The van der Waals surface area contributed by atoms with Gasteiger partial charge in [0.15, 0.2) is 0 Å². The van der Waals surface area contributed by atoms with Gasteiger partial charge in [-0.15, -0.1) is 6.58 Å². The lowest BCUT2D eigenvalue weighted by atomic mass is 10.2. The number of rotatable bonds is 6. The number of carbonyl (C=O) groups is 1. The molecule has 0 saturated carbocycles. The molecular weight excluding hydrogens is 302 g/mol. The van der Waals surface area contributed by atoms with Crippen LogP contribution in [0.15, 0.2) is 66.3 Å². The summed E-state index contributed by atoms with van der Waals surface area (Å²) < 4.78 is 26.2. The highest BCUT2D eigenvalue weighted by molar-refractivity contribution is 7.89. The standard InChI is InChI=1S/C15H15N3O3S/c1-2-9-17-22(20,21)14-5-3-12(4-6-14)15(19)18-13-7-10-16-11-8-13/h2-8,10-11,17H,1,9H2,(H,16,18,19). The Morgan fingerprint density at radius 2 is 1.77 bits per heavy atom. The molecule has 0 unspecified atom stereocenters. The van der Waals surface area contributed by atoms with E-state index in [4.69, 9.17) is 0 Å². The molecule has 1 aromatic carbocycles. The van der Waals surface area contributed by atoms with E-state index in [1.807, 2.05) is 0 Å². The molecule has 1 heterocycles. The third-order valence-electron chi connectivity index (χ3n) is 2.78. The minimum absolute atomic E-state index is 0.0924. The van der Waals surface area contributed by atoms with E-state index in [1.54, 1.807) is 24.5 Å². The summed E-state index contributed by atoms with van der Waals surface area (Å²) >= 11 is 0. The van der Waals surface area contributed by atoms with Gasteiger partial charge in [0.1, 0.15) is 0 Å². The van der Waals surface area contributed by atoms with Crippen LogP contribution >= 0.6 is 0 Å². The number of anilines is 1. The molecule has 0 aliphatic heterocycles. The van der Waals surface area contributed by atoms with Crippen LogP contribution in [0.2, 0.25) is 0 Å². The molecule has 2 aromatic rings. The van der Waals surface area contributed by atoms with Crippen molar-refractivity contribution in [3.05, 3.63) is 67.0 Å². The molecule has 0 aliphatic rings. The van der Waals surface area contributed by atoms with Gasteiger partial charge in [0, 0.05) is 30.2 Å². The summed E-state index contributed by atoms with van der Waals surface area (Å²) in [5.41, 5.74) is 0.976. The average Bonchev–Trinajstić information content (AvgIpc) is 2.54. The van der Waals surface area contributed by atoms with E-state index in [0.29, 0.717) is 11.3 Å². The van der Waals surface area contributed by atoms with Gasteiger partial charge in [-0.1, -0.05) is 6.08 Å². The summed E-state index contributed by atoms with van der Waals surface area (Å²) in [6, 6.07) is 9.00. The predicted octanol–water partition coefficient (Wildman–Crippen LogP) is 1.80. The molecule has 2 N–H and O–H groups in total. The van der Waals surface area contributed by atoms with Crippen molar-refractivity contribution in [2.45, 2.75) is 4.90 Å². The molecule has 0 bridgehead atoms. The van der Waals surface area contributed by atoms with Gasteiger partial charge >= 0.3 is 0 Å². The number of nitrogens with zero attached hydrogens (tertiary/aromatic N) is 1. The molecule has 0 spiro atoms. The van der Waals surface area contributed by atoms with Gasteiger partial charge in [-0.05, 0) is 36.4 Å². The number of pyridine rings is 1. The zero-order chi connectivity index (χ0) is 16.0. The third-order valence-corrected chi connectivity index (χ3v) is 4.22. The van der Waals surface area contributed by atoms with Crippen LogP contribution in [0.3, 0.4) is 0 Å². The fourth-order valence-electron chi connectivity index (χ4n) is 1.68. The Labute approximate surface area is 129 Å². The van der Waals surface area contributed by atoms with Crippen molar-refractivity contribution in [3.8, 4) is 0 Å². The van der Waals surface area contributed by atoms with Gasteiger partial charge < -0.3 is 5.32 Å². The number of nitrogens with one attached hydrogen (secondary N) is 2. The Morgan fingerprint density at radius 3 is 2.36 bits per heavy atom. The van der Waals surface area contributed by atoms with Gasteiger partial charge in [-0.3, -0.25) is 9.78 Å². The normalized spacial score (nSPS) is 10.9. The van der Waals surface area contributed by atoms with E-state index < -0.39 is 10.0 Å². The molecule has 7 heteroatoms. The van der Waals surface area contributed by atoms with Crippen LogP contribution in [0.4, 0.5) is 5.69 Å². The molecule has 22 heavy (non-hydrogen) atoms. The van der Waals surface area contributed by atoms with E-state index >= 15 is 0 Å². The van der Waals surface area contributed by atoms with Gasteiger partial charge in [-0.2, -0.15) is 0 Å². The van der Waals surface area contributed by atoms with Crippen LogP contribution in [0.1, 0.15) is 10.4 Å². The average molecular weight is 317 g/mol. The summed E-state index contributed by atoms with van der Waals surface area (Å²) in [6.45, 7) is 3.60. The smallest absolute Gasteiger partial charge is 0.255 e. The Hall–Kier alpha value is -2.51. The summed E-state index contributed by atoms with van der Waals surface area (Å²) in [6.07, 6.45) is 4.58. The van der Waals surface area contributed by atoms with Crippen molar-refractivity contribution >= 4 is 21.6 Å². The molecule has 1 amide bonds. The predicted molar refractivity (Wildman–Crippen MR) is 84.0 cm³/mol. The largest absolute Gasteiger partial charge is 0.322 e.